The molecular weight excluding hydrogens is 745 g/mol. The second-order valence-electron chi connectivity index (χ2n) is 17.1. The molecule has 1 atom stereocenters. The summed E-state index contributed by atoms with van der Waals surface area (Å²) >= 11 is 0. The quantitative estimate of drug-likeness (QED) is 0.147. The van der Waals surface area contributed by atoms with Crippen LogP contribution in [0.5, 0.6) is 0 Å². The SMILES string of the molecule is C1=CC(c2ccccc2)C2=CCc3ccc(-c4ccc(-c5ccc(-c6ccc(-c7ccc8ccc9c(-c%10ccccc%10)ccc%10ccc7c8c%109)cc6)cc5)cc4)c4ccc1c2c34. The van der Waals surface area contributed by atoms with Crippen molar-refractivity contribution in [2.45, 2.75) is 12.3 Å². The molecule has 0 fully saturated rings. The molecule has 0 nitrogen and oxygen atoms in total. The molecule has 0 heteroatoms. The number of hydrogen-bond acceptors (Lipinski definition) is 0. The largest absolute Gasteiger partial charge is 0.0753 e. The summed E-state index contributed by atoms with van der Waals surface area (Å²) in [4.78, 5) is 0. The van der Waals surface area contributed by atoms with Crippen LogP contribution in [0.25, 0.3) is 110 Å². The van der Waals surface area contributed by atoms with Gasteiger partial charge in [0.25, 0.3) is 0 Å². The predicted octanol–water partition coefficient (Wildman–Crippen LogP) is 16.8. The van der Waals surface area contributed by atoms with Gasteiger partial charge in [-0.1, -0.05) is 224 Å². The Hall–Kier alpha value is -7.80. The highest BCUT2D eigenvalue weighted by molar-refractivity contribution is 6.27. The molecule has 288 valence electrons. The Labute approximate surface area is 361 Å². The fourth-order valence-electron chi connectivity index (χ4n) is 10.7. The van der Waals surface area contributed by atoms with E-state index >= 15 is 0 Å². The topological polar surface area (TPSA) is 0 Å². The molecule has 0 aromatic heterocycles. The Bertz CT molecular complexity index is 3590. The molecule has 0 spiro atoms. The van der Waals surface area contributed by atoms with E-state index in [1.54, 1.807) is 0 Å². The summed E-state index contributed by atoms with van der Waals surface area (Å²) in [6.45, 7) is 0. The van der Waals surface area contributed by atoms with Gasteiger partial charge < -0.3 is 0 Å². The molecule has 0 N–H and O–H groups in total. The van der Waals surface area contributed by atoms with E-state index in [1.807, 2.05) is 0 Å². The average molecular weight is 785 g/mol. The van der Waals surface area contributed by atoms with Gasteiger partial charge in [0.15, 0.2) is 0 Å². The number of allylic oxidation sites excluding steroid dienone is 3. The van der Waals surface area contributed by atoms with E-state index in [4.69, 9.17) is 0 Å². The van der Waals surface area contributed by atoms with Crippen molar-refractivity contribution in [3.8, 4) is 55.6 Å². The van der Waals surface area contributed by atoms with Gasteiger partial charge in [-0.3, -0.25) is 0 Å². The molecule has 2 aliphatic carbocycles. The van der Waals surface area contributed by atoms with Crippen molar-refractivity contribution in [3.63, 3.8) is 0 Å². The van der Waals surface area contributed by atoms with Crippen LogP contribution in [0.2, 0.25) is 0 Å². The highest BCUT2D eigenvalue weighted by atomic mass is 14.3. The van der Waals surface area contributed by atoms with Crippen molar-refractivity contribution in [1.29, 1.82) is 0 Å². The molecule has 11 aromatic rings. The first-order chi connectivity index (χ1) is 30.7. The Kier molecular flexibility index (Phi) is 7.84. The lowest BCUT2D eigenvalue weighted by molar-refractivity contribution is 1.08. The fourth-order valence-corrected chi connectivity index (χ4v) is 10.7. The van der Waals surface area contributed by atoms with Crippen LogP contribution in [0.15, 0.2) is 218 Å². The van der Waals surface area contributed by atoms with E-state index in [0.29, 0.717) is 0 Å². The molecule has 0 bridgehead atoms. The summed E-state index contributed by atoms with van der Waals surface area (Å²) in [7, 11) is 0. The Morgan fingerprint density at radius 1 is 0.339 bits per heavy atom. The van der Waals surface area contributed by atoms with E-state index < -0.39 is 0 Å². The standard InChI is InChI=1S/C62H40/c1-3-7-43(8-4-1)51-31-23-47-29-37-57-53(33-25-49-27-35-55(51)59(47)61(49)57)45-19-15-41(16-20-45)39-11-13-40(14-12-39)42-17-21-46(22-18-42)54-34-26-50-28-36-56-52(44-9-5-2-6-10-44)32-24-48-30-38-58(54)62(50)60(48)56/h1-27,29-38,52H,28H2. The summed E-state index contributed by atoms with van der Waals surface area (Å²) in [5.74, 6) is 0.288. The molecular formula is C62H40. The van der Waals surface area contributed by atoms with Crippen LogP contribution in [0.1, 0.15) is 28.2 Å². The van der Waals surface area contributed by atoms with Crippen LogP contribution in [0, 0.1) is 0 Å². The molecule has 62 heavy (non-hydrogen) atoms. The zero-order chi connectivity index (χ0) is 40.7. The Morgan fingerprint density at radius 2 is 0.774 bits per heavy atom. The minimum Gasteiger partial charge on any atom is -0.0753 e. The lowest BCUT2D eigenvalue weighted by Gasteiger charge is -2.30. The lowest BCUT2D eigenvalue weighted by Crippen LogP contribution is -2.10. The minimum atomic E-state index is 0.288. The van der Waals surface area contributed by atoms with Crippen LogP contribution < -0.4 is 0 Å². The molecule has 0 aliphatic heterocycles. The second kappa shape index (κ2) is 13.9. The van der Waals surface area contributed by atoms with E-state index in [1.165, 1.54) is 127 Å². The van der Waals surface area contributed by atoms with E-state index in [0.717, 1.165) is 6.42 Å². The molecule has 0 saturated carbocycles. The van der Waals surface area contributed by atoms with Crippen molar-refractivity contribution in [2.75, 3.05) is 0 Å². The lowest BCUT2D eigenvalue weighted by atomic mass is 9.74. The summed E-state index contributed by atoms with van der Waals surface area (Å²) in [5.41, 5.74) is 19.4. The molecule has 2 aliphatic rings. The second-order valence-corrected chi connectivity index (χ2v) is 17.1. The molecule has 0 heterocycles. The normalized spacial score (nSPS) is 14.3. The van der Waals surface area contributed by atoms with E-state index in [9.17, 15) is 0 Å². The Balaban J connectivity index is 0.782. The third-order valence-corrected chi connectivity index (χ3v) is 13.8. The van der Waals surface area contributed by atoms with Crippen LogP contribution in [-0.2, 0) is 6.42 Å². The van der Waals surface area contributed by atoms with Gasteiger partial charge >= 0.3 is 0 Å². The van der Waals surface area contributed by atoms with Gasteiger partial charge in [0.1, 0.15) is 0 Å². The first-order valence-electron chi connectivity index (χ1n) is 21.8. The molecule has 1 unspecified atom stereocenters. The highest BCUT2D eigenvalue weighted by Crippen LogP contribution is 2.48. The van der Waals surface area contributed by atoms with Crippen LogP contribution in [-0.4, -0.2) is 0 Å². The summed E-state index contributed by atoms with van der Waals surface area (Å²) < 4.78 is 0. The molecule has 0 amide bonds. The maximum Gasteiger partial charge on any atom is 0.0276 e. The number of hydrogen-bond donors (Lipinski definition) is 0. The maximum atomic E-state index is 2.46. The molecule has 0 saturated heterocycles. The summed E-state index contributed by atoms with van der Waals surface area (Å²) in [5, 5.41) is 10.6. The van der Waals surface area contributed by atoms with E-state index in [-0.39, 0.29) is 5.92 Å². The van der Waals surface area contributed by atoms with Gasteiger partial charge in [-0.05, 0) is 133 Å². The monoisotopic (exact) mass is 784 g/mol. The smallest absolute Gasteiger partial charge is 0.0276 e. The van der Waals surface area contributed by atoms with Crippen molar-refractivity contribution >= 4 is 54.7 Å². The first kappa shape index (κ1) is 35.0. The molecule has 13 rings (SSSR count). The first-order valence-corrected chi connectivity index (χ1v) is 21.8. The summed E-state index contributed by atoms with van der Waals surface area (Å²) in [6, 6.07) is 76.7. The average Bonchev–Trinajstić information content (AvgIpc) is 3.35. The number of benzene rings is 11. The van der Waals surface area contributed by atoms with Gasteiger partial charge in [-0.15, -0.1) is 0 Å². The Morgan fingerprint density at radius 3 is 1.32 bits per heavy atom. The van der Waals surface area contributed by atoms with Gasteiger partial charge in [-0.2, -0.15) is 0 Å². The third kappa shape index (κ3) is 5.47. The predicted molar refractivity (Wildman–Crippen MR) is 265 cm³/mol. The van der Waals surface area contributed by atoms with Gasteiger partial charge in [0.2, 0.25) is 0 Å². The van der Waals surface area contributed by atoms with Crippen LogP contribution in [0.3, 0.4) is 0 Å². The van der Waals surface area contributed by atoms with Crippen molar-refractivity contribution in [2.24, 2.45) is 0 Å². The fraction of sp³-hybridized carbons (Fsp3) is 0.0323. The van der Waals surface area contributed by atoms with Gasteiger partial charge in [-0.25, -0.2) is 0 Å². The number of rotatable bonds is 6. The van der Waals surface area contributed by atoms with E-state index in [2.05, 4.69) is 224 Å². The minimum absolute atomic E-state index is 0.288. The third-order valence-electron chi connectivity index (χ3n) is 13.8. The molecule has 0 radical (unpaired) electrons. The zero-order valence-electron chi connectivity index (χ0n) is 34.1. The zero-order valence-corrected chi connectivity index (χ0v) is 34.1. The molecule has 11 aromatic carbocycles. The van der Waals surface area contributed by atoms with Gasteiger partial charge in [0, 0.05) is 5.92 Å². The van der Waals surface area contributed by atoms with Crippen molar-refractivity contribution in [1.82, 2.24) is 0 Å². The van der Waals surface area contributed by atoms with Gasteiger partial charge in [0.05, 0.1) is 0 Å². The summed E-state index contributed by atoms with van der Waals surface area (Å²) in [6.07, 6.45) is 8.14. The van der Waals surface area contributed by atoms with Crippen molar-refractivity contribution < 1.29 is 0 Å². The van der Waals surface area contributed by atoms with Crippen LogP contribution in [0.4, 0.5) is 0 Å². The van der Waals surface area contributed by atoms with Crippen LogP contribution >= 0.6 is 0 Å². The highest BCUT2D eigenvalue weighted by Gasteiger charge is 2.27. The maximum absolute atomic E-state index is 2.46. The van der Waals surface area contributed by atoms with Crippen molar-refractivity contribution in [3.05, 3.63) is 241 Å².